The van der Waals surface area contributed by atoms with E-state index in [1.165, 1.54) is 5.56 Å². The molecule has 21 heavy (non-hydrogen) atoms. The highest BCUT2D eigenvalue weighted by atomic mass is 16.5. The Balaban J connectivity index is 2.69. The molecule has 0 bridgehead atoms. The Labute approximate surface area is 126 Å². The van der Waals surface area contributed by atoms with Crippen molar-refractivity contribution in [3.8, 4) is 11.5 Å². The molecule has 1 N–H and O–H groups in total. The van der Waals surface area contributed by atoms with Crippen LogP contribution in [0.2, 0.25) is 0 Å². The van der Waals surface area contributed by atoms with E-state index in [4.69, 9.17) is 14.5 Å². The summed E-state index contributed by atoms with van der Waals surface area (Å²) in [5.74, 6) is 2.91. The van der Waals surface area contributed by atoms with Gasteiger partial charge in [0.25, 0.3) is 0 Å². The molecule has 2 aromatic rings. The number of hydrogen-bond acceptors (Lipinski definition) is 4. The van der Waals surface area contributed by atoms with Gasteiger partial charge in [-0.3, -0.25) is 0 Å². The number of pyridine rings is 1. The zero-order valence-electron chi connectivity index (χ0n) is 13.5. The molecule has 1 aromatic heterocycles. The van der Waals surface area contributed by atoms with E-state index >= 15 is 0 Å². The summed E-state index contributed by atoms with van der Waals surface area (Å²) in [7, 11) is 3.35. The van der Waals surface area contributed by atoms with Crippen LogP contribution in [0.1, 0.15) is 38.7 Å². The first kappa shape index (κ1) is 15.4. The minimum Gasteiger partial charge on any atom is -0.496 e. The molecule has 0 aliphatic heterocycles. The van der Waals surface area contributed by atoms with E-state index in [0.29, 0.717) is 5.92 Å². The molecule has 0 saturated carbocycles. The van der Waals surface area contributed by atoms with Gasteiger partial charge in [-0.1, -0.05) is 20.8 Å². The van der Waals surface area contributed by atoms with Gasteiger partial charge in [0.05, 0.1) is 14.2 Å². The number of ether oxygens (including phenoxy) is 2. The highest BCUT2D eigenvalue weighted by Crippen LogP contribution is 2.36. The van der Waals surface area contributed by atoms with Crippen molar-refractivity contribution in [3.05, 3.63) is 23.8 Å². The molecule has 2 rings (SSSR count). The van der Waals surface area contributed by atoms with Crippen LogP contribution < -0.4 is 14.8 Å². The van der Waals surface area contributed by atoms with Crippen molar-refractivity contribution >= 4 is 16.7 Å². The molecule has 0 aliphatic carbocycles. The first-order valence-corrected chi connectivity index (χ1v) is 7.41. The van der Waals surface area contributed by atoms with Crippen LogP contribution in [-0.2, 0) is 0 Å². The fourth-order valence-corrected chi connectivity index (χ4v) is 2.39. The van der Waals surface area contributed by atoms with E-state index in [9.17, 15) is 0 Å². The number of benzene rings is 1. The molecule has 0 saturated heterocycles. The number of anilines is 1. The molecule has 4 heteroatoms. The van der Waals surface area contributed by atoms with Gasteiger partial charge >= 0.3 is 0 Å². The second-order valence-electron chi connectivity index (χ2n) is 5.37. The molecule has 0 amide bonds. The molecule has 0 radical (unpaired) electrons. The average molecular weight is 288 g/mol. The van der Waals surface area contributed by atoms with Gasteiger partial charge in [0.2, 0.25) is 0 Å². The topological polar surface area (TPSA) is 43.4 Å². The maximum atomic E-state index is 5.47. The monoisotopic (exact) mass is 288 g/mol. The number of fused-ring (bicyclic) bond motifs is 1. The number of aromatic nitrogens is 1. The van der Waals surface area contributed by atoms with Gasteiger partial charge in [0, 0.05) is 11.9 Å². The lowest BCUT2D eigenvalue weighted by atomic mass is 10.0. The molecular formula is C17H24N2O2. The van der Waals surface area contributed by atoms with E-state index in [1.807, 2.05) is 12.1 Å². The maximum Gasteiger partial charge on any atom is 0.145 e. The van der Waals surface area contributed by atoms with Crippen molar-refractivity contribution in [3.63, 3.8) is 0 Å². The third-order valence-electron chi connectivity index (χ3n) is 3.54. The SMILES string of the molecule is CCCNc1nc2c(OC)ccc(OC)c2cc1C(C)C. The highest BCUT2D eigenvalue weighted by Gasteiger charge is 2.15. The van der Waals surface area contributed by atoms with Crippen molar-refractivity contribution < 1.29 is 9.47 Å². The van der Waals surface area contributed by atoms with Crippen molar-refractivity contribution in [2.45, 2.75) is 33.1 Å². The average Bonchev–Trinajstić information content (AvgIpc) is 2.50. The minimum atomic E-state index is 0.386. The van der Waals surface area contributed by atoms with Gasteiger partial charge in [-0.15, -0.1) is 0 Å². The standard InChI is InChI=1S/C17H24N2O2/c1-6-9-18-17-12(11(2)3)10-13-14(20-4)7-8-15(21-5)16(13)19-17/h7-8,10-11H,6,9H2,1-5H3,(H,18,19). The van der Waals surface area contributed by atoms with Crippen molar-refractivity contribution in [2.75, 3.05) is 26.1 Å². The van der Waals surface area contributed by atoms with Gasteiger partial charge in [-0.2, -0.15) is 0 Å². The molecule has 1 aromatic carbocycles. The summed E-state index contributed by atoms with van der Waals surface area (Å²) in [4.78, 5) is 4.80. The predicted octanol–water partition coefficient (Wildman–Crippen LogP) is 4.20. The highest BCUT2D eigenvalue weighted by molar-refractivity contribution is 5.92. The summed E-state index contributed by atoms with van der Waals surface area (Å²) < 4.78 is 10.9. The second-order valence-corrected chi connectivity index (χ2v) is 5.37. The third-order valence-corrected chi connectivity index (χ3v) is 3.54. The minimum absolute atomic E-state index is 0.386. The van der Waals surface area contributed by atoms with Gasteiger partial charge in [0.15, 0.2) is 0 Å². The number of methoxy groups -OCH3 is 2. The van der Waals surface area contributed by atoms with Crippen molar-refractivity contribution in [2.24, 2.45) is 0 Å². The fourth-order valence-electron chi connectivity index (χ4n) is 2.39. The first-order chi connectivity index (χ1) is 10.1. The number of nitrogens with zero attached hydrogens (tertiary/aromatic N) is 1. The fraction of sp³-hybridized carbons (Fsp3) is 0.471. The smallest absolute Gasteiger partial charge is 0.145 e. The van der Waals surface area contributed by atoms with Gasteiger partial charge in [-0.25, -0.2) is 4.98 Å². The Kier molecular flexibility index (Phi) is 4.89. The summed E-state index contributed by atoms with van der Waals surface area (Å²) in [6, 6.07) is 5.98. The molecule has 114 valence electrons. The maximum absolute atomic E-state index is 5.47. The summed E-state index contributed by atoms with van der Waals surface area (Å²) in [5, 5.41) is 4.41. The lowest BCUT2D eigenvalue weighted by Gasteiger charge is -2.17. The predicted molar refractivity (Wildman–Crippen MR) is 87.7 cm³/mol. The van der Waals surface area contributed by atoms with Crippen LogP contribution in [0.15, 0.2) is 18.2 Å². The molecule has 0 aliphatic rings. The normalized spacial score (nSPS) is 11.0. The zero-order valence-corrected chi connectivity index (χ0v) is 13.5. The third kappa shape index (κ3) is 3.04. The molecule has 1 heterocycles. The van der Waals surface area contributed by atoms with E-state index in [2.05, 4.69) is 32.2 Å². The van der Waals surface area contributed by atoms with Crippen LogP contribution in [0.3, 0.4) is 0 Å². The van der Waals surface area contributed by atoms with Crippen LogP contribution >= 0.6 is 0 Å². The van der Waals surface area contributed by atoms with E-state index < -0.39 is 0 Å². The summed E-state index contributed by atoms with van der Waals surface area (Å²) >= 11 is 0. The lowest BCUT2D eigenvalue weighted by molar-refractivity contribution is 0.409. The molecule has 0 atom stereocenters. The van der Waals surface area contributed by atoms with Gasteiger partial charge in [0.1, 0.15) is 22.8 Å². The van der Waals surface area contributed by atoms with Crippen LogP contribution in [0.25, 0.3) is 10.9 Å². The Morgan fingerprint density at radius 3 is 2.38 bits per heavy atom. The largest absolute Gasteiger partial charge is 0.496 e. The number of hydrogen-bond donors (Lipinski definition) is 1. The zero-order chi connectivity index (χ0) is 15.4. The van der Waals surface area contributed by atoms with Gasteiger partial charge < -0.3 is 14.8 Å². The summed E-state index contributed by atoms with van der Waals surface area (Å²) in [6.07, 6.45) is 1.06. The molecule has 0 unspecified atom stereocenters. The Morgan fingerprint density at radius 2 is 1.81 bits per heavy atom. The molecular weight excluding hydrogens is 264 g/mol. The molecule has 0 fully saturated rings. The first-order valence-electron chi connectivity index (χ1n) is 7.41. The molecule has 0 spiro atoms. The van der Waals surface area contributed by atoms with Gasteiger partial charge in [-0.05, 0) is 36.1 Å². The van der Waals surface area contributed by atoms with E-state index in [0.717, 1.165) is 41.2 Å². The molecule has 4 nitrogen and oxygen atoms in total. The Morgan fingerprint density at radius 1 is 1.14 bits per heavy atom. The van der Waals surface area contributed by atoms with Crippen LogP contribution in [0.4, 0.5) is 5.82 Å². The van der Waals surface area contributed by atoms with Crippen LogP contribution in [0.5, 0.6) is 11.5 Å². The Bertz CT molecular complexity index is 624. The van der Waals surface area contributed by atoms with E-state index in [1.54, 1.807) is 14.2 Å². The van der Waals surface area contributed by atoms with Crippen molar-refractivity contribution in [1.29, 1.82) is 0 Å². The van der Waals surface area contributed by atoms with Crippen LogP contribution in [0, 0.1) is 0 Å². The van der Waals surface area contributed by atoms with Crippen molar-refractivity contribution in [1.82, 2.24) is 4.98 Å². The van der Waals surface area contributed by atoms with E-state index in [-0.39, 0.29) is 0 Å². The second kappa shape index (κ2) is 6.66. The summed E-state index contributed by atoms with van der Waals surface area (Å²) in [6.45, 7) is 7.40. The lowest BCUT2D eigenvalue weighted by Crippen LogP contribution is -2.07. The number of nitrogens with one attached hydrogen (secondary N) is 1. The van der Waals surface area contributed by atoms with Crippen LogP contribution in [-0.4, -0.2) is 25.7 Å². The number of rotatable bonds is 6. The Hall–Kier alpha value is -1.97. The summed E-state index contributed by atoms with van der Waals surface area (Å²) in [5.41, 5.74) is 2.03. The quantitative estimate of drug-likeness (QED) is 0.865.